The number of thiophene rings is 1. The maximum absolute atomic E-state index is 12.8. The normalized spacial score (nSPS) is 17.3. The van der Waals surface area contributed by atoms with Gasteiger partial charge in [0.15, 0.2) is 5.17 Å². The quantitative estimate of drug-likeness (QED) is 0.566. The van der Waals surface area contributed by atoms with Gasteiger partial charge in [-0.15, -0.1) is 11.3 Å². The van der Waals surface area contributed by atoms with Gasteiger partial charge in [-0.3, -0.25) is 4.79 Å². The third kappa shape index (κ3) is 4.84. The van der Waals surface area contributed by atoms with Crippen molar-refractivity contribution in [1.82, 2.24) is 10.2 Å². The third-order valence-corrected chi connectivity index (χ3v) is 7.28. The Morgan fingerprint density at radius 3 is 2.73 bits per heavy atom. The van der Waals surface area contributed by atoms with Gasteiger partial charge in [0.1, 0.15) is 5.75 Å². The Bertz CT molecular complexity index is 1140. The van der Waals surface area contributed by atoms with Crippen molar-refractivity contribution in [1.29, 1.82) is 0 Å². The number of thioether (sulfide) groups is 1. The molecule has 1 aromatic carbocycles. The fraction of sp³-hybridized carbons (Fsp3) is 0.292. The Balaban J connectivity index is 1.60. The van der Waals surface area contributed by atoms with E-state index in [1.54, 1.807) is 25.4 Å². The number of carbonyl (C=O) groups is 2. The summed E-state index contributed by atoms with van der Waals surface area (Å²) in [6.45, 7) is 2.37. The zero-order valence-electron chi connectivity index (χ0n) is 18.7. The molecular formula is C24H25N3O4S2. The summed E-state index contributed by atoms with van der Waals surface area (Å²) < 4.78 is 10.7. The second-order valence-corrected chi connectivity index (χ2v) is 9.35. The lowest BCUT2D eigenvalue weighted by atomic mass is 9.93. The van der Waals surface area contributed by atoms with Crippen LogP contribution in [0.4, 0.5) is 0 Å². The molecule has 2 aliphatic heterocycles. The lowest BCUT2D eigenvalue weighted by molar-refractivity contribution is -0.136. The molecule has 2 aromatic rings. The Hall–Kier alpha value is -3.04. The zero-order chi connectivity index (χ0) is 23.4. The summed E-state index contributed by atoms with van der Waals surface area (Å²) in [4.78, 5) is 33.4. The molecule has 0 spiro atoms. The van der Waals surface area contributed by atoms with Crippen LogP contribution in [0.5, 0.6) is 5.75 Å². The highest BCUT2D eigenvalue weighted by atomic mass is 32.2. The molecule has 0 radical (unpaired) electrons. The van der Waals surface area contributed by atoms with E-state index in [0.29, 0.717) is 23.6 Å². The number of rotatable bonds is 8. The molecule has 2 aliphatic rings. The summed E-state index contributed by atoms with van der Waals surface area (Å²) in [5, 5.41) is 7.67. The first-order valence-corrected chi connectivity index (χ1v) is 12.2. The standard InChI is InChI=1S/C24H25N3O4S2/c1-15-21(23(29)31-3)22(18-8-4-5-9-19(18)30-2)27-16(14-33-24(27)26-15)13-20(28)25-11-10-17-7-6-12-32-17/h4-9,12,14,22H,10-11,13H2,1-3H3,(H,25,28). The van der Waals surface area contributed by atoms with Crippen LogP contribution in [0.2, 0.25) is 0 Å². The third-order valence-electron chi connectivity index (χ3n) is 5.45. The fourth-order valence-electron chi connectivity index (χ4n) is 3.93. The van der Waals surface area contributed by atoms with Gasteiger partial charge in [-0.2, -0.15) is 0 Å². The number of hydrogen-bond donors (Lipinski definition) is 1. The molecule has 33 heavy (non-hydrogen) atoms. The zero-order valence-corrected chi connectivity index (χ0v) is 20.3. The Morgan fingerprint density at radius 1 is 1.18 bits per heavy atom. The summed E-state index contributed by atoms with van der Waals surface area (Å²) in [6.07, 6.45) is 0.974. The van der Waals surface area contributed by atoms with Crippen molar-refractivity contribution >= 4 is 40.1 Å². The van der Waals surface area contributed by atoms with Crippen LogP contribution >= 0.6 is 23.1 Å². The predicted octanol–water partition coefficient (Wildman–Crippen LogP) is 4.25. The molecule has 0 saturated carbocycles. The van der Waals surface area contributed by atoms with Gasteiger partial charge in [-0.1, -0.05) is 36.0 Å². The number of benzene rings is 1. The van der Waals surface area contributed by atoms with E-state index in [1.807, 2.05) is 46.0 Å². The van der Waals surface area contributed by atoms with E-state index in [1.165, 1.54) is 23.7 Å². The number of aliphatic imine (C=N–C) groups is 1. The number of ether oxygens (including phenoxy) is 2. The molecule has 0 aliphatic carbocycles. The minimum Gasteiger partial charge on any atom is -0.496 e. The van der Waals surface area contributed by atoms with E-state index in [0.717, 1.165) is 22.8 Å². The monoisotopic (exact) mass is 483 g/mol. The molecule has 7 nitrogen and oxygen atoms in total. The average Bonchev–Trinajstić information content (AvgIpc) is 3.48. The first kappa shape index (κ1) is 23.1. The summed E-state index contributed by atoms with van der Waals surface area (Å²) >= 11 is 3.12. The fourth-order valence-corrected chi connectivity index (χ4v) is 5.61. The highest BCUT2D eigenvalue weighted by Crippen LogP contribution is 2.46. The molecule has 0 bridgehead atoms. The van der Waals surface area contributed by atoms with Crippen LogP contribution in [0, 0.1) is 0 Å². The van der Waals surface area contributed by atoms with E-state index in [-0.39, 0.29) is 12.3 Å². The largest absolute Gasteiger partial charge is 0.496 e. The van der Waals surface area contributed by atoms with Crippen molar-refractivity contribution in [3.8, 4) is 5.75 Å². The minimum absolute atomic E-state index is 0.0793. The number of hydrogen-bond acceptors (Lipinski definition) is 8. The Kier molecular flexibility index (Phi) is 7.20. The van der Waals surface area contributed by atoms with Gasteiger partial charge in [-0.25, -0.2) is 9.79 Å². The number of methoxy groups -OCH3 is 2. The van der Waals surface area contributed by atoms with Crippen LogP contribution in [0.1, 0.15) is 29.8 Å². The highest BCUT2D eigenvalue weighted by Gasteiger charge is 2.42. The lowest BCUT2D eigenvalue weighted by Gasteiger charge is -2.36. The van der Waals surface area contributed by atoms with Gasteiger partial charge in [0, 0.05) is 22.7 Å². The van der Waals surface area contributed by atoms with Gasteiger partial charge >= 0.3 is 5.97 Å². The van der Waals surface area contributed by atoms with Crippen molar-refractivity contribution in [3.05, 3.63) is 74.6 Å². The second-order valence-electron chi connectivity index (χ2n) is 7.48. The topological polar surface area (TPSA) is 80.2 Å². The molecule has 1 N–H and O–H groups in total. The molecule has 1 unspecified atom stereocenters. The number of amides is 1. The van der Waals surface area contributed by atoms with Crippen molar-refractivity contribution in [3.63, 3.8) is 0 Å². The second kappa shape index (κ2) is 10.3. The number of carbonyl (C=O) groups excluding carboxylic acids is 2. The van der Waals surface area contributed by atoms with Crippen LogP contribution in [0.3, 0.4) is 0 Å². The van der Waals surface area contributed by atoms with Crippen LogP contribution in [-0.2, 0) is 20.7 Å². The van der Waals surface area contributed by atoms with E-state index < -0.39 is 12.0 Å². The molecule has 0 saturated heterocycles. The smallest absolute Gasteiger partial charge is 0.338 e. The van der Waals surface area contributed by atoms with Crippen molar-refractivity contribution in [2.24, 2.45) is 4.99 Å². The molecule has 0 fully saturated rings. The molecule has 9 heteroatoms. The van der Waals surface area contributed by atoms with E-state index >= 15 is 0 Å². The van der Waals surface area contributed by atoms with Crippen molar-refractivity contribution in [2.75, 3.05) is 20.8 Å². The summed E-state index contributed by atoms with van der Waals surface area (Å²) in [5.74, 6) is 0.113. The summed E-state index contributed by atoms with van der Waals surface area (Å²) in [7, 11) is 2.96. The Morgan fingerprint density at radius 2 is 2.00 bits per heavy atom. The summed E-state index contributed by atoms with van der Waals surface area (Å²) in [5.41, 5.74) is 2.60. The predicted molar refractivity (Wildman–Crippen MR) is 131 cm³/mol. The number of nitrogens with zero attached hydrogens (tertiary/aromatic N) is 2. The number of para-hydroxylation sites is 1. The van der Waals surface area contributed by atoms with Crippen LogP contribution in [0.15, 0.2) is 69.1 Å². The van der Waals surface area contributed by atoms with Gasteiger partial charge in [0.05, 0.1) is 38.0 Å². The average molecular weight is 484 g/mol. The molecule has 1 amide bonds. The molecule has 172 valence electrons. The molecular weight excluding hydrogens is 458 g/mol. The maximum Gasteiger partial charge on any atom is 0.338 e. The summed E-state index contributed by atoms with van der Waals surface area (Å²) in [6, 6.07) is 11.1. The highest BCUT2D eigenvalue weighted by molar-refractivity contribution is 8.16. The molecule has 4 rings (SSSR count). The molecule has 1 aromatic heterocycles. The Labute approximate surface area is 201 Å². The number of nitrogens with one attached hydrogen (secondary N) is 1. The van der Waals surface area contributed by atoms with E-state index in [4.69, 9.17) is 9.47 Å². The number of fused-ring (bicyclic) bond motifs is 1. The van der Waals surface area contributed by atoms with Crippen LogP contribution in [-0.4, -0.2) is 42.7 Å². The van der Waals surface area contributed by atoms with Crippen molar-refractivity contribution < 1.29 is 19.1 Å². The van der Waals surface area contributed by atoms with Crippen molar-refractivity contribution in [2.45, 2.75) is 25.8 Å². The van der Waals surface area contributed by atoms with E-state index in [9.17, 15) is 9.59 Å². The molecule has 3 heterocycles. The van der Waals surface area contributed by atoms with Gasteiger partial charge in [0.2, 0.25) is 5.91 Å². The van der Waals surface area contributed by atoms with Crippen LogP contribution < -0.4 is 10.1 Å². The van der Waals surface area contributed by atoms with Crippen LogP contribution in [0.25, 0.3) is 0 Å². The number of amidine groups is 1. The van der Waals surface area contributed by atoms with Gasteiger partial charge < -0.3 is 19.7 Å². The first-order chi connectivity index (χ1) is 16.0. The number of allylic oxidation sites excluding steroid dienone is 1. The SMILES string of the molecule is COC(=O)C1=C(C)N=C2SC=C(CC(=O)NCCc3cccs3)N2C1c1ccccc1OC. The van der Waals surface area contributed by atoms with Gasteiger partial charge in [-0.05, 0) is 36.3 Å². The van der Waals surface area contributed by atoms with Gasteiger partial charge in [0.25, 0.3) is 0 Å². The maximum atomic E-state index is 12.8. The first-order valence-electron chi connectivity index (χ1n) is 10.5. The lowest BCUT2D eigenvalue weighted by Crippen LogP contribution is -2.38. The minimum atomic E-state index is -0.513. The molecule has 1 atom stereocenters. The number of esters is 1. The van der Waals surface area contributed by atoms with E-state index in [2.05, 4.69) is 16.4 Å².